The summed E-state index contributed by atoms with van der Waals surface area (Å²) in [4.78, 5) is 0. The smallest absolute Gasteiger partial charge is 0.163 e. The molecule has 3 nitrogen and oxygen atoms in total. The Balaban J connectivity index is 1.57. The normalized spacial score (nSPS) is 11.9. The number of benzene rings is 3. The fourth-order valence-electron chi connectivity index (χ4n) is 3.36. The van der Waals surface area contributed by atoms with Crippen molar-refractivity contribution in [3.05, 3.63) is 94.0 Å². The first-order valence-corrected chi connectivity index (χ1v) is 10.7. The number of methoxy groups -OCH3 is 1. The summed E-state index contributed by atoms with van der Waals surface area (Å²) in [5.74, 6) is 1.35. The predicted molar refractivity (Wildman–Crippen MR) is 125 cm³/mol. The van der Waals surface area contributed by atoms with Gasteiger partial charge in [-0.05, 0) is 49.4 Å². The van der Waals surface area contributed by atoms with Crippen LogP contribution < -0.4 is 14.8 Å². The van der Waals surface area contributed by atoms with Crippen LogP contribution in [0, 0.1) is 6.92 Å². The van der Waals surface area contributed by atoms with E-state index in [1.54, 1.807) is 7.11 Å². The molecule has 1 unspecified atom stereocenters. The van der Waals surface area contributed by atoms with Crippen molar-refractivity contribution in [2.75, 3.05) is 7.11 Å². The molecule has 1 N–H and O–H groups in total. The van der Waals surface area contributed by atoms with E-state index >= 15 is 0 Å². The second-order valence-electron chi connectivity index (χ2n) is 7.68. The molecule has 158 valence electrons. The van der Waals surface area contributed by atoms with E-state index in [1.165, 1.54) is 11.1 Å². The molecule has 0 bridgehead atoms. The first-order valence-electron chi connectivity index (χ1n) is 10.4. The lowest BCUT2D eigenvalue weighted by Crippen LogP contribution is -2.26. The maximum Gasteiger partial charge on any atom is 0.163 e. The van der Waals surface area contributed by atoms with Crippen LogP contribution >= 0.6 is 11.6 Å². The summed E-state index contributed by atoms with van der Waals surface area (Å²) < 4.78 is 11.5. The largest absolute Gasteiger partial charge is 0.493 e. The summed E-state index contributed by atoms with van der Waals surface area (Å²) in [5.41, 5.74) is 4.69. The van der Waals surface area contributed by atoms with E-state index < -0.39 is 0 Å². The molecule has 0 aliphatic rings. The average molecular weight is 424 g/mol. The Hall–Kier alpha value is -2.49. The molecule has 3 aromatic carbocycles. The molecule has 30 heavy (non-hydrogen) atoms. The Bertz CT molecular complexity index is 943. The van der Waals surface area contributed by atoms with Gasteiger partial charge in [0.2, 0.25) is 0 Å². The molecule has 3 aromatic rings. The first-order chi connectivity index (χ1) is 14.5. The molecule has 0 aliphatic heterocycles. The monoisotopic (exact) mass is 423 g/mol. The number of halogens is 1. The van der Waals surface area contributed by atoms with E-state index in [0.717, 1.165) is 24.0 Å². The van der Waals surface area contributed by atoms with E-state index in [2.05, 4.69) is 67.7 Å². The summed E-state index contributed by atoms with van der Waals surface area (Å²) >= 11 is 6.55. The maximum atomic E-state index is 6.55. The summed E-state index contributed by atoms with van der Waals surface area (Å²) in [6.07, 6.45) is 2.12. The summed E-state index contributed by atoms with van der Waals surface area (Å²) in [7, 11) is 1.66. The fourth-order valence-corrected chi connectivity index (χ4v) is 3.58. The van der Waals surface area contributed by atoms with Crippen LogP contribution in [0.5, 0.6) is 11.5 Å². The number of ether oxygens (including phenoxy) is 2. The van der Waals surface area contributed by atoms with Gasteiger partial charge < -0.3 is 14.8 Å². The summed E-state index contributed by atoms with van der Waals surface area (Å²) in [5, 5.41) is 4.24. The van der Waals surface area contributed by atoms with E-state index in [0.29, 0.717) is 35.7 Å². The van der Waals surface area contributed by atoms with Gasteiger partial charge in [0.25, 0.3) is 0 Å². The van der Waals surface area contributed by atoms with Gasteiger partial charge in [-0.2, -0.15) is 0 Å². The lowest BCUT2D eigenvalue weighted by molar-refractivity contribution is 0.284. The topological polar surface area (TPSA) is 30.5 Å². The fraction of sp³-hybridized carbons (Fsp3) is 0.308. The second-order valence-corrected chi connectivity index (χ2v) is 8.09. The zero-order chi connectivity index (χ0) is 21.3. The third kappa shape index (κ3) is 6.51. The Kier molecular flexibility index (Phi) is 8.18. The SMILES string of the molecule is COc1cc(CNC(C)CCc2ccccc2)c(Cl)cc1OCc1cccc(C)c1. The highest BCUT2D eigenvalue weighted by molar-refractivity contribution is 6.31. The van der Waals surface area contributed by atoms with E-state index in [9.17, 15) is 0 Å². The van der Waals surface area contributed by atoms with Crippen molar-refractivity contribution in [3.8, 4) is 11.5 Å². The van der Waals surface area contributed by atoms with Gasteiger partial charge in [-0.15, -0.1) is 0 Å². The van der Waals surface area contributed by atoms with Gasteiger partial charge in [-0.3, -0.25) is 0 Å². The van der Waals surface area contributed by atoms with Crippen LogP contribution in [0.2, 0.25) is 5.02 Å². The Labute approximate surface area is 185 Å². The second kappa shape index (κ2) is 11.1. The average Bonchev–Trinajstić information content (AvgIpc) is 2.76. The van der Waals surface area contributed by atoms with Crippen molar-refractivity contribution in [3.63, 3.8) is 0 Å². The van der Waals surface area contributed by atoms with Gasteiger partial charge in [0, 0.05) is 23.7 Å². The van der Waals surface area contributed by atoms with Gasteiger partial charge in [-0.1, -0.05) is 71.8 Å². The predicted octanol–water partition coefficient (Wildman–Crippen LogP) is 6.35. The van der Waals surface area contributed by atoms with Gasteiger partial charge >= 0.3 is 0 Å². The number of hydrogen-bond acceptors (Lipinski definition) is 3. The van der Waals surface area contributed by atoms with Gasteiger partial charge in [0.1, 0.15) is 6.61 Å². The quantitative estimate of drug-likeness (QED) is 0.412. The first kappa shape index (κ1) is 22.2. The minimum Gasteiger partial charge on any atom is -0.493 e. The third-order valence-corrected chi connectivity index (χ3v) is 5.51. The molecule has 0 aliphatic carbocycles. The van der Waals surface area contributed by atoms with Crippen molar-refractivity contribution < 1.29 is 9.47 Å². The van der Waals surface area contributed by atoms with E-state index in [1.807, 2.05) is 18.2 Å². The molecule has 0 aromatic heterocycles. The molecule has 3 rings (SSSR count). The standard InChI is InChI=1S/C26H30ClNO2/c1-19-8-7-11-22(14-19)18-30-26-16-24(27)23(15-25(26)29-3)17-28-20(2)12-13-21-9-5-4-6-10-21/h4-11,14-16,20,28H,12-13,17-18H2,1-3H3. The highest BCUT2D eigenvalue weighted by atomic mass is 35.5. The van der Waals surface area contributed by atoms with Crippen LogP contribution in [0.1, 0.15) is 35.6 Å². The lowest BCUT2D eigenvalue weighted by atomic mass is 10.1. The molecular formula is C26H30ClNO2. The highest BCUT2D eigenvalue weighted by Crippen LogP contribution is 2.34. The molecule has 0 amide bonds. The number of rotatable bonds is 10. The molecule has 1 atom stereocenters. The van der Waals surface area contributed by atoms with Gasteiger partial charge in [0.15, 0.2) is 11.5 Å². The van der Waals surface area contributed by atoms with E-state index in [-0.39, 0.29) is 0 Å². The van der Waals surface area contributed by atoms with Gasteiger partial charge in [0.05, 0.1) is 7.11 Å². The number of aryl methyl sites for hydroxylation is 2. The third-order valence-electron chi connectivity index (χ3n) is 5.16. The van der Waals surface area contributed by atoms with Gasteiger partial charge in [-0.25, -0.2) is 0 Å². The van der Waals surface area contributed by atoms with Crippen LogP contribution in [0.3, 0.4) is 0 Å². The minimum absolute atomic E-state index is 0.379. The van der Waals surface area contributed by atoms with Crippen molar-refractivity contribution in [2.45, 2.75) is 45.9 Å². The summed E-state index contributed by atoms with van der Waals surface area (Å²) in [6, 6.07) is 23.0. The zero-order valence-corrected chi connectivity index (χ0v) is 18.7. The Morgan fingerprint density at radius 3 is 2.43 bits per heavy atom. The van der Waals surface area contributed by atoms with Crippen LogP contribution in [0.25, 0.3) is 0 Å². The number of nitrogens with one attached hydrogen (secondary N) is 1. The minimum atomic E-state index is 0.379. The molecule has 0 heterocycles. The van der Waals surface area contributed by atoms with Crippen LogP contribution in [0.15, 0.2) is 66.7 Å². The van der Waals surface area contributed by atoms with Crippen molar-refractivity contribution in [2.24, 2.45) is 0 Å². The Morgan fingerprint density at radius 1 is 0.933 bits per heavy atom. The molecule has 0 fully saturated rings. The molecular weight excluding hydrogens is 394 g/mol. The van der Waals surface area contributed by atoms with Crippen molar-refractivity contribution >= 4 is 11.6 Å². The van der Waals surface area contributed by atoms with Crippen molar-refractivity contribution in [1.29, 1.82) is 0 Å². The Morgan fingerprint density at radius 2 is 1.70 bits per heavy atom. The molecule has 4 heteroatoms. The molecule has 0 spiro atoms. The van der Waals surface area contributed by atoms with Crippen LogP contribution in [0.4, 0.5) is 0 Å². The maximum absolute atomic E-state index is 6.55. The number of hydrogen-bond donors (Lipinski definition) is 1. The van der Waals surface area contributed by atoms with E-state index in [4.69, 9.17) is 21.1 Å². The molecule has 0 saturated carbocycles. The molecule has 0 saturated heterocycles. The van der Waals surface area contributed by atoms with Crippen LogP contribution in [-0.2, 0) is 19.6 Å². The van der Waals surface area contributed by atoms with Crippen LogP contribution in [-0.4, -0.2) is 13.2 Å². The summed E-state index contributed by atoms with van der Waals surface area (Å²) in [6.45, 7) is 5.43. The molecule has 0 radical (unpaired) electrons. The highest BCUT2D eigenvalue weighted by Gasteiger charge is 2.12. The van der Waals surface area contributed by atoms with Crippen molar-refractivity contribution in [1.82, 2.24) is 5.32 Å². The lowest BCUT2D eigenvalue weighted by Gasteiger charge is -2.17. The zero-order valence-electron chi connectivity index (χ0n) is 18.0.